The molecule has 19 heavy (non-hydrogen) atoms. The largest absolute Gasteiger partial charge is 0.380 e. The van der Waals surface area contributed by atoms with Crippen LogP contribution in [0, 0.1) is 5.82 Å². The third-order valence-electron chi connectivity index (χ3n) is 3.33. The van der Waals surface area contributed by atoms with Crippen LogP contribution in [0.1, 0.15) is 32.4 Å². The second-order valence-corrected chi connectivity index (χ2v) is 4.46. The summed E-state index contributed by atoms with van der Waals surface area (Å²) in [6.07, 6.45) is 0. The highest BCUT2D eigenvalue weighted by molar-refractivity contribution is 5.55. The van der Waals surface area contributed by atoms with E-state index in [2.05, 4.69) is 17.1 Å². The van der Waals surface area contributed by atoms with E-state index in [1.165, 1.54) is 6.07 Å². The first-order valence-corrected chi connectivity index (χ1v) is 6.94. The van der Waals surface area contributed by atoms with Crippen LogP contribution in [0.2, 0.25) is 0 Å². The summed E-state index contributed by atoms with van der Waals surface area (Å²) in [6, 6.07) is 5.24. The van der Waals surface area contributed by atoms with E-state index < -0.39 is 0 Å². The Morgan fingerprint density at radius 1 is 1.37 bits per heavy atom. The molecule has 0 heterocycles. The van der Waals surface area contributed by atoms with Crippen molar-refractivity contribution in [3.63, 3.8) is 0 Å². The second-order valence-electron chi connectivity index (χ2n) is 4.46. The van der Waals surface area contributed by atoms with E-state index in [1.807, 2.05) is 27.0 Å². The fourth-order valence-electron chi connectivity index (χ4n) is 2.14. The first kappa shape index (κ1) is 15.9. The third kappa shape index (κ3) is 4.18. The van der Waals surface area contributed by atoms with Gasteiger partial charge in [-0.25, -0.2) is 4.39 Å². The van der Waals surface area contributed by atoms with Crippen LogP contribution in [-0.4, -0.2) is 33.4 Å². The van der Waals surface area contributed by atoms with Crippen molar-refractivity contribution in [2.24, 2.45) is 0 Å². The number of rotatable bonds is 8. The van der Waals surface area contributed by atoms with E-state index in [0.717, 1.165) is 24.3 Å². The molecule has 1 aromatic rings. The van der Waals surface area contributed by atoms with Crippen molar-refractivity contribution in [3.05, 3.63) is 29.6 Å². The maximum absolute atomic E-state index is 14.1. The van der Waals surface area contributed by atoms with Gasteiger partial charge in [0.15, 0.2) is 0 Å². The number of hydrogen-bond donors (Lipinski definition) is 1. The molecule has 108 valence electrons. The SMILES string of the molecule is CCOCCN(CC)c1cccc(F)c1C(C)NC. The number of halogens is 1. The van der Waals surface area contributed by atoms with E-state index in [1.54, 1.807) is 6.07 Å². The van der Waals surface area contributed by atoms with Crippen molar-refractivity contribution in [1.29, 1.82) is 0 Å². The molecule has 1 aromatic carbocycles. The topological polar surface area (TPSA) is 24.5 Å². The molecule has 0 spiro atoms. The number of ether oxygens (including phenoxy) is 1. The molecule has 0 bridgehead atoms. The molecule has 0 radical (unpaired) electrons. The second kappa shape index (κ2) is 8.12. The molecule has 1 atom stereocenters. The van der Waals surface area contributed by atoms with E-state index in [9.17, 15) is 4.39 Å². The number of nitrogens with one attached hydrogen (secondary N) is 1. The van der Waals surface area contributed by atoms with E-state index >= 15 is 0 Å². The molecule has 0 aliphatic carbocycles. The molecule has 3 nitrogen and oxygen atoms in total. The number of likely N-dealkylation sites (N-methyl/N-ethyl adjacent to an activating group) is 1. The molecule has 0 amide bonds. The predicted molar refractivity (Wildman–Crippen MR) is 78.3 cm³/mol. The van der Waals surface area contributed by atoms with Gasteiger partial charge in [0.1, 0.15) is 5.82 Å². The molecular weight excluding hydrogens is 243 g/mol. The van der Waals surface area contributed by atoms with E-state index in [-0.39, 0.29) is 11.9 Å². The van der Waals surface area contributed by atoms with Crippen LogP contribution < -0.4 is 10.2 Å². The zero-order valence-electron chi connectivity index (χ0n) is 12.4. The molecule has 0 saturated heterocycles. The Labute approximate surface area is 115 Å². The first-order valence-electron chi connectivity index (χ1n) is 6.94. The maximum Gasteiger partial charge on any atom is 0.130 e. The van der Waals surface area contributed by atoms with Gasteiger partial charge in [-0.05, 0) is 40.0 Å². The highest BCUT2D eigenvalue weighted by Gasteiger charge is 2.17. The van der Waals surface area contributed by atoms with Crippen molar-refractivity contribution in [2.75, 3.05) is 38.3 Å². The van der Waals surface area contributed by atoms with Crippen molar-refractivity contribution < 1.29 is 9.13 Å². The van der Waals surface area contributed by atoms with Crippen molar-refractivity contribution >= 4 is 5.69 Å². The van der Waals surface area contributed by atoms with Crippen molar-refractivity contribution in [3.8, 4) is 0 Å². The first-order chi connectivity index (χ1) is 9.15. The summed E-state index contributed by atoms with van der Waals surface area (Å²) in [4.78, 5) is 2.15. The van der Waals surface area contributed by atoms with Gasteiger partial charge < -0.3 is 15.0 Å². The Balaban J connectivity index is 2.98. The van der Waals surface area contributed by atoms with Crippen LogP contribution in [0.5, 0.6) is 0 Å². The summed E-state index contributed by atoms with van der Waals surface area (Å²) >= 11 is 0. The van der Waals surface area contributed by atoms with Gasteiger partial charge in [0.2, 0.25) is 0 Å². The van der Waals surface area contributed by atoms with Crippen LogP contribution in [0.25, 0.3) is 0 Å². The summed E-state index contributed by atoms with van der Waals surface area (Å²) in [5.74, 6) is -0.158. The van der Waals surface area contributed by atoms with Gasteiger partial charge in [-0.15, -0.1) is 0 Å². The molecule has 0 aliphatic rings. The predicted octanol–water partition coefficient (Wildman–Crippen LogP) is 2.97. The monoisotopic (exact) mass is 268 g/mol. The highest BCUT2D eigenvalue weighted by Crippen LogP contribution is 2.28. The van der Waals surface area contributed by atoms with Crippen LogP contribution in [0.3, 0.4) is 0 Å². The van der Waals surface area contributed by atoms with Gasteiger partial charge in [0.05, 0.1) is 6.61 Å². The Morgan fingerprint density at radius 2 is 2.11 bits per heavy atom. The summed E-state index contributed by atoms with van der Waals surface area (Å²) in [5, 5.41) is 3.11. The van der Waals surface area contributed by atoms with Gasteiger partial charge in [-0.2, -0.15) is 0 Å². The Kier molecular flexibility index (Phi) is 6.81. The summed E-state index contributed by atoms with van der Waals surface area (Å²) in [6.45, 7) is 9.00. The normalized spacial score (nSPS) is 12.5. The Morgan fingerprint density at radius 3 is 2.68 bits per heavy atom. The lowest BCUT2D eigenvalue weighted by molar-refractivity contribution is 0.154. The Hall–Kier alpha value is -1.13. The molecule has 0 aromatic heterocycles. The van der Waals surface area contributed by atoms with Gasteiger partial charge in [-0.1, -0.05) is 6.07 Å². The van der Waals surface area contributed by atoms with Crippen molar-refractivity contribution in [1.82, 2.24) is 5.32 Å². The molecule has 1 unspecified atom stereocenters. The molecule has 0 fully saturated rings. The van der Waals surface area contributed by atoms with Gasteiger partial charge in [0.25, 0.3) is 0 Å². The molecule has 0 aliphatic heterocycles. The summed E-state index contributed by atoms with van der Waals surface area (Å²) < 4.78 is 19.5. The zero-order chi connectivity index (χ0) is 14.3. The molecule has 1 rings (SSSR count). The number of anilines is 1. The molecule has 4 heteroatoms. The van der Waals surface area contributed by atoms with E-state index in [0.29, 0.717) is 13.2 Å². The minimum Gasteiger partial charge on any atom is -0.380 e. The van der Waals surface area contributed by atoms with Crippen LogP contribution in [-0.2, 0) is 4.74 Å². The molecule has 1 N–H and O–H groups in total. The Bertz CT molecular complexity index is 384. The van der Waals surface area contributed by atoms with Crippen LogP contribution >= 0.6 is 0 Å². The lowest BCUT2D eigenvalue weighted by Gasteiger charge is -2.28. The molecule has 0 saturated carbocycles. The minimum atomic E-state index is -0.158. The molecular formula is C15H25FN2O. The standard InChI is InChI=1S/C15H25FN2O/c1-5-18(10-11-19-6-2)14-9-7-8-13(16)15(14)12(3)17-4/h7-9,12,17H,5-6,10-11H2,1-4H3. The van der Waals surface area contributed by atoms with Crippen LogP contribution in [0.4, 0.5) is 10.1 Å². The van der Waals surface area contributed by atoms with Gasteiger partial charge in [-0.3, -0.25) is 0 Å². The lowest BCUT2D eigenvalue weighted by Crippen LogP contribution is -2.29. The fraction of sp³-hybridized carbons (Fsp3) is 0.600. The van der Waals surface area contributed by atoms with E-state index in [4.69, 9.17) is 4.74 Å². The third-order valence-corrected chi connectivity index (χ3v) is 3.33. The summed E-state index contributed by atoms with van der Waals surface area (Å²) in [7, 11) is 1.84. The highest BCUT2D eigenvalue weighted by atomic mass is 19.1. The quantitative estimate of drug-likeness (QED) is 0.734. The smallest absolute Gasteiger partial charge is 0.130 e. The van der Waals surface area contributed by atoms with Crippen LogP contribution in [0.15, 0.2) is 18.2 Å². The lowest BCUT2D eigenvalue weighted by atomic mass is 10.0. The minimum absolute atomic E-state index is 0.0163. The van der Waals surface area contributed by atoms with Crippen molar-refractivity contribution in [2.45, 2.75) is 26.8 Å². The number of nitrogens with zero attached hydrogens (tertiary/aromatic N) is 1. The number of benzene rings is 1. The average Bonchev–Trinajstić information content (AvgIpc) is 2.43. The van der Waals surface area contributed by atoms with Gasteiger partial charge >= 0.3 is 0 Å². The maximum atomic E-state index is 14.1. The summed E-state index contributed by atoms with van der Waals surface area (Å²) in [5.41, 5.74) is 1.67. The fourth-order valence-corrected chi connectivity index (χ4v) is 2.14. The average molecular weight is 268 g/mol. The van der Waals surface area contributed by atoms with Gasteiger partial charge in [0, 0.05) is 37.0 Å². The zero-order valence-corrected chi connectivity index (χ0v) is 12.4. The number of hydrogen-bond acceptors (Lipinski definition) is 3.